The summed E-state index contributed by atoms with van der Waals surface area (Å²) < 4.78 is 33.2. The average Bonchev–Trinajstić information content (AvgIpc) is 3.55. The minimum absolute atomic E-state index is 0.142. The lowest BCUT2D eigenvalue weighted by Gasteiger charge is -2.22. The molecule has 11 heteroatoms. The number of anilines is 1. The third kappa shape index (κ3) is 6.31. The summed E-state index contributed by atoms with van der Waals surface area (Å²) in [5.41, 5.74) is 1.48. The van der Waals surface area contributed by atoms with Gasteiger partial charge in [0, 0.05) is 11.3 Å². The SMILES string of the molecule is CCCCOc1ccc(/C(O)=C2/C(=O)C(=O)N(c3nnc(SCc4ccc(F)cc4)s3)C2c2ccc(F)cc2)cc1. The summed E-state index contributed by atoms with van der Waals surface area (Å²) in [6.45, 7) is 2.62. The number of hydrogen-bond donors (Lipinski definition) is 1. The van der Waals surface area contributed by atoms with Crippen molar-refractivity contribution in [3.8, 4) is 5.75 Å². The van der Waals surface area contributed by atoms with Crippen molar-refractivity contribution < 1.29 is 28.2 Å². The van der Waals surface area contributed by atoms with Crippen LogP contribution in [0.3, 0.4) is 0 Å². The number of ether oxygens (including phenoxy) is 1. The van der Waals surface area contributed by atoms with Crippen molar-refractivity contribution in [2.45, 2.75) is 35.9 Å². The first-order valence-corrected chi connectivity index (χ1v) is 14.7. The largest absolute Gasteiger partial charge is 0.507 e. The molecule has 1 N–H and O–H groups in total. The van der Waals surface area contributed by atoms with Crippen LogP contribution in [0.5, 0.6) is 5.75 Å². The normalized spacial score (nSPS) is 16.4. The van der Waals surface area contributed by atoms with Gasteiger partial charge in [-0.25, -0.2) is 8.78 Å². The molecule has 0 spiro atoms. The highest BCUT2D eigenvalue weighted by atomic mass is 32.2. The Balaban J connectivity index is 1.47. The first-order valence-electron chi connectivity index (χ1n) is 12.9. The van der Waals surface area contributed by atoms with E-state index in [0.29, 0.717) is 33.6 Å². The molecule has 0 saturated carbocycles. The molecule has 1 unspecified atom stereocenters. The molecule has 1 aromatic heterocycles. The van der Waals surface area contributed by atoms with Crippen molar-refractivity contribution in [2.24, 2.45) is 0 Å². The van der Waals surface area contributed by atoms with Gasteiger partial charge in [0.2, 0.25) is 5.13 Å². The molecule has 1 amide bonds. The fourth-order valence-corrected chi connectivity index (χ4v) is 6.10. The van der Waals surface area contributed by atoms with Gasteiger partial charge in [-0.1, -0.05) is 60.7 Å². The van der Waals surface area contributed by atoms with Gasteiger partial charge >= 0.3 is 5.91 Å². The summed E-state index contributed by atoms with van der Waals surface area (Å²) in [4.78, 5) is 27.9. The molecular weight excluding hydrogens is 568 g/mol. The number of amides is 1. The third-order valence-corrected chi connectivity index (χ3v) is 8.53. The number of rotatable bonds is 10. The Morgan fingerprint density at radius 2 is 1.63 bits per heavy atom. The number of benzene rings is 3. The zero-order valence-corrected chi connectivity index (χ0v) is 23.6. The minimum Gasteiger partial charge on any atom is -0.507 e. The van der Waals surface area contributed by atoms with Crippen LogP contribution in [-0.4, -0.2) is 33.6 Å². The van der Waals surface area contributed by atoms with E-state index in [4.69, 9.17) is 4.74 Å². The molecule has 0 bridgehead atoms. The second-order valence-electron chi connectivity index (χ2n) is 9.21. The predicted octanol–water partition coefficient (Wildman–Crippen LogP) is 6.91. The van der Waals surface area contributed by atoms with E-state index in [1.165, 1.54) is 53.1 Å². The molecule has 41 heavy (non-hydrogen) atoms. The highest BCUT2D eigenvalue weighted by molar-refractivity contribution is 8.00. The van der Waals surface area contributed by atoms with Crippen LogP contribution in [0, 0.1) is 11.6 Å². The molecule has 1 aliphatic rings. The number of aromatic nitrogens is 2. The van der Waals surface area contributed by atoms with Crippen molar-refractivity contribution in [3.05, 3.63) is 107 Å². The van der Waals surface area contributed by atoms with Gasteiger partial charge in [0.1, 0.15) is 23.1 Å². The van der Waals surface area contributed by atoms with Crippen LogP contribution in [0.2, 0.25) is 0 Å². The van der Waals surface area contributed by atoms with E-state index >= 15 is 0 Å². The van der Waals surface area contributed by atoms with Crippen molar-refractivity contribution in [1.82, 2.24) is 10.2 Å². The van der Waals surface area contributed by atoms with Crippen LogP contribution in [0.25, 0.3) is 5.76 Å². The maximum Gasteiger partial charge on any atom is 0.301 e. The smallest absolute Gasteiger partial charge is 0.301 e. The number of nitrogens with zero attached hydrogens (tertiary/aromatic N) is 3. The molecule has 1 aliphatic heterocycles. The first kappa shape index (κ1) is 28.4. The number of ketones is 1. The Morgan fingerprint density at radius 1 is 0.976 bits per heavy atom. The zero-order chi connectivity index (χ0) is 28.9. The fraction of sp³-hybridized carbons (Fsp3) is 0.200. The van der Waals surface area contributed by atoms with Crippen LogP contribution >= 0.6 is 23.1 Å². The van der Waals surface area contributed by atoms with Gasteiger partial charge in [0.05, 0.1) is 18.2 Å². The predicted molar refractivity (Wildman–Crippen MR) is 154 cm³/mol. The lowest BCUT2D eigenvalue weighted by molar-refractivity contribution is -0.132. The summed E-state index contributed by atoms with van der Waals surface area (Å²) in [7, 11) is 0. The van der Waals surface area contributed by atoms with Crippen molar-refractivity contribution in [3.63, 3.8) is 0 Å². The second-order valence-corrected chi connectivity index (χ2v) is 11.4. The van der Waals surface area contributed by atoms with Crippen LogP contribution in [-0.2, 0) is 15.3 Å². The highest BCUT2D eigenvalue weighted by Crippen LogP contribution is 2.44. The van der Waals surface area contributed by atoms with Crippen LogP contribution in [0.15, 0.2) is 82.7 Å². The molecule has 0 radical (unpaired) electrons. The summed E-state index contributed by atoms with van der Waals surface area (Å²) >= 11 is 2.45. The van der Waals surface area contributed by atoms with Gasteiger partial charge in [0.25, 0.3) is 5.78 Å². The molecule has 5 rings (SSSR count). The van der Waals surface area contributed by atoms with Crippen LogP contribution in [0.4, 0.5) is 13.9 Å². The number of Topliss-reactive ketones (excluding diaryl/α,β-unsaturated/α-hetero) is 1. The monoisotopic (exact) mass is 593 g/mol. The molecule has 2 heterocycles. The Morgan fingerprint density at radius 3 is 2.29 bits per heavy atom. The van der Waals surface area contributed by atoms with Gasteiger partial charge in [-0.05, 0) is 66.1 Å². The van der Waals surface area contributed by atoms with E-state index in [1.807, 2.05) is 0 Å². The molecule has 3 aromatic carbocycles. The highest BCUT2D eigenvalue weighted by Gasteiger charge is 2.48. The third-order valence-electron chi connectivity index (χ3n) is 6.40. The van der Waals surface area contributed by atoms with Gasteiger partial charge in [-0.3, -0.25) is 14.5 Å². The Bertz CT molecular complexity index is 1570. The van der Waals surface area contributed by atoms with E-state index in [1.54, 1.807) is 36.4 Å². The lowest BCUT2D eigenvalue weighted by atomic mass is 9.95. The quantitative estimate of drug-likeness (QED) is 0.0533. The first-order chi connectivity index (χ1) is 19.9. The van der Waals surface area contributed by atoms with Gasteiger partial charge < -0.3 is 9.84 Å². The second kappa shape index (κ2) is 12.6. The number of thioether (sulfide) groups is 1. The molecule has 1 atom stereocenters. The number of aliphatic hydroxyl groups excluding tert-OH is 1. The number of unbranched alkanes of at least 4 members (excludes halogenated alkanes) is 1. The summed E-state index contributed by atoms with van der Waals surface area (Å²) in [5.74, 6) is -1.85. The fourth-order valence-electron chi connectivity index (χ4n) is 4.27. The van der Waals surface area contributed by atoms with E-state index in [-0.39, 0.29) is 22.3 Å². The number of aliphatic hydroxyl groups is 1. The summed E-state index contributed by atoms with van der Waals surface area (Å²) in [6.07, 6.45) is 1.90. The molecular formula is C30H25F2N3O4S2. The molecule has 7 nitrogen and oxygen atoms in total. The van der Waals surface area contributed by atoms with Gasteiger partial charge in [-0.2, -0.15) is 0 Å². The van der Waals surface area contributed by atoms with E-state index < -0.39 is 23.5 Å². The molecule has 210 valence electrons. The van der Waals surface area contributed by atoms with E-state index in [9.17, 15) is 23.5 Å². The maximum absolute atomic E-state index is 13.8. The standard InChI is InChI=1S/C30H25F2N3O4S2/c1-2-3-16-39-23-14-8-20(9-15-23)26(36)24-25(19-6-12-22(32)13-7-19)35(28(38)27(24)37)29-33-34-30(41-29)40-17-18-4-10-21(31)11-5-18/h4-15,25,36H,2-3,16-17H2,1H3/b26-24-. The number of halogens is 2. The van der Waals surface area contributed by atoms with Gasteiger partial charge in [0.15, 0.2) is 4.34 Å². The molecule has 0 aliphatic carbocycles. The minimum atomic E-state index is -1.06. The van der Waals surface area contributed by atoms with Crippen LogP contribution < -0.4 is 9.64 Å². The summed E-state index contributed by atoms with van der Waals surface area (Å²) in [6, 6.07) is 17.0. The van der Waals surface area contributed by atoms with Gasteiger partial charge in [-0.15, -0.1) is 10.2 Å². The number of carbonyl (C=O) groups is 2. The van der Waals surface area contributed by atoms with Crippen LogP contribution in [0.1, 0.15) is 42.5 Å². The molecule has 4 aromatic rings. The molecule has 1 fully saturated rings. The maximum atomic E-state index is 13.8. The topological polar surface area (TPSA) is 92.6 Å². The Labute approximate surface area is 243 Å². The lowest BCUT2D eigenvalue weighted by Crippen LogP contribution is -2.29. The average molecular weight is 594 g/mol. The van der Waals surface area contributed by atoms with Crippen molar-refractivity contribution >= 4 is 45.7 Å². The van der Waals surface area contributed by atoms with E-state index in [0.717, 1.165) is 29.7 Å². The van der Waals surface area contributed by atoms with E-state index in [2.05, 4.69) is 17.1 Å². The number of hydrogen-bond acceptors (Lipinski definition) is 8. The van der Waals surface area contributed by atoms with Crippen molar-refractivity contribution in [2.75, 3.05) is 11.5 Å². The zero-order valence-electron chi connectivity index (χ0n) is 21.9. The Kier molecular flexibility index (Phi) is 8.75. The Hall–Kier alpha value is -4.09. The van der Waals surface area contributed by atoms with Crippen molar-refractivity contribution in [1.29, 1.82) is 0 Å². The number of carbonyl (C=O) groups excluding carboxylic acids is 2. The summed E-state index contributed by atoms with van der Waals surface area (Å²) in [5, 5.41) is 19.8. The molecule has 1 saturated heterocycles.